The Morgan fingerprint density at radius 1 is 0.854 bits per heavy atom. The molecule has 1 saturated heterocycles. The molecular formula is C40H56N2O5Si. The fourth-order valence-corrected chi connectivity index (χ4v) is 6.74. The Hall–Kier alpha value is -3.62. The summed E-state index contributed by atoms with van der Waals surface area (Å²) in [6.07, 6.45) is 4.05. The number of benzene rings is 3. The fourth-order valence-electron chi connectivity index (χ4n) is 5.69. The molecule has 1 aliphatic heterocycles. The number of ether oxygens (including phenoxy) is 2. The standard InChI is InChI=1S/C40H56N2O5Si/c1-7-45-36-18-13-31(14-19-36)17-22-39(44)42-25-23-33(24-26-42)28-38(43)41-35(30-47-48(5,6)40(2,3)4)27-32-15-20-37(21-16-32)46-29-34-11-9-8-10-12-34/h8-16,18-21,33,35H,7,17,22-30H2,1-6H3,(H,41,43)/t35-/m0/s1. The Bertz CT molecular complexity index is 1410. The van der Waals surface area contributed by atoms with Crippen molar-refractivity contribution in [2.24, 2.45) is 5.92 Å². The van der Waals surface area contributed by atoms with Gasteiger partial charge in [-0.3, -0.25) is 9.59 Å². The highest BCUT2D eigenvalue weighted by molar-refractivity contribution is 6.74. The van der Waals surface area contributed by atoms with E-state index in [0.717, 1.165) is 47.5 Å². The third-order valence-corrected chi connectivity index (χ3v) is 14.3. The van der Waals surface area contributed by atoms with Gasteiger partial charge in [-0.2, -0.15) is 0 Å². The maximum Gasteiger partial charge on any atom is 0.222 e. The summed E-state index contributed by atoms with van der Waals surface area (Å²) in [6.45, 7) is 16.2. The van der Waals surface area contributed by atoms with Crippen molar-refractivity contribution in [1.82, 2.24) is 10.2 Å². The molecule has 0 aromatic heterocycles. The first-order chi connectivity index (χ1) is 22.9. The van der Waals surface area contributed by atoms with Crippen LogP contribution >= 0.6 is 0 Å². The minimum Gasteiger partial charge on any atom is -0.494 e. The van der Waals surface area contributed by atoms with Gasteiger partial charge in [-0.15, -0.1) is 0 Å². The highest BCUT2D eigenvalue weighted by atomic mass is 28.4. The molecular weight excluding hydrogens is 617 g/mol. The number of rotatable bonds is 16. The van der Waals surface area contributed by atoms with Gasteiger partial charge in [0.2, 0.25) is 11.8 Å². The van der Waals surface area contributed by atoms with Gasteiger partial charge in [0.15, 0.2) is 8.32 Å². The number of carbonyl (C=O) groups excluding carboxylic acids is 2. The summed E-state index contributed by atoms with van der Waals surface area (Å²) in [7, 11) is -2.00. The van der Waals surface area contributed by atoms with Gasteiger partial charge in [-0.05, 0) is 97.6 Å². The molecule has 0 saturated carbocycles. The zero-order chi connectivity index (χ0) is 34.6. The lowest BCUT2D eigenvalue weighted by Gasteiger charge is -2.37. The molecule has 260 valence electrons. The third-order valence-electron chi connectivity index (χ3n) is 9.77. The lowest BCUT2D eigenvalue weighted by atomic mass is 9.92. The summed E-state index contributed by atoms with van der Waals surface area (Å²) in [5.41, 5.74) is 3.39. The number of aryl methyl sites for hydroxylation is 1. The van der Waals surface area contributed by atoms with E-state index in [1.807, 2.05) is 66.4 Å². The van der Waals surface area contributed by atoms with Crippen LogP contribution in [0.4, 0.5) is 0 Å². The van der Waals surface area contributed by atoms with E-state index < -0.39 is 8.32 Å². The van der Waals surface area contributed by atoms with E-state index in [9.17, 15) is 9.59 Å². The molecule has 0 bridgehead atoms. The van der Waals surface area contributed by atoms with E-state index in [1.165, 1.54) is 0 Å². The average molecular weight is 673 g/mol. The number of carbonyl (C=O) groups is 2. The van der Waals surface area contributed by atoms with Gasteiger partial charge in [0, 0.05) is 25.9 Å². The molecule has 3 aromatic rings. The smallest absolute Gasteiger partial charge is 0.222 e. The predicted octanol–water partition coefficient (Wildman–Crippen LogP) is 7.97. The third kappa shape index (κ3) is 11.8. The first-order valence-electron chi connectivity index (χ1n) is 17.6. The molecule has 0 aliphatic carbocycles. The van der Waals surface area contributed by atoms with Crippen LogP contribution < -0.4 is 14.8 Å². The lowest BCUT2D eigenvalue weighted by molar-refractivity contribution is -0.132. The first kappa shape index (κ1) is 37.2. The molecule has 2 amide bonds. The number of amides is 2. The van der Waals surface area contributed by atoms with Crippen molar-refractivity contribution in [3.63, 3.8) is 0 Å². The van der Waals surface area contributed by atoms with Crippen LogP contribution in [0.15, 0.2) is 78.9 Å². The van der Waals surface area contributed by atoms with Crippen molar-refractivity contribution in [3.05, 3.63) is 95.6 Å². The quantitative estimate of drug-likeness (QED) is 0.156. The maximum absolute atomic E-state index is 13.4. The molecule has 0 unspecified atom stereocenters. The molecule has 8 heteroatoms. The molecule has 48 heavy (non-hydrogen) atoms. The van der Waals surface area contributed by atoms with Crippen LogP contribution in [0.25, 0.3) is 0 Å². The second-order valence-corrected chi connectivity index (χ2v) is 19.4. The molecule has 1 N–H and O–H groups in total. The first-order valence-corrected chi connectivity index (χ1v) is 20.5. The van der Waals surface area contributed by atoms with Gasteiger partial charge < -0.3 is 24.1 Å². The number of hydrogen-bond acceptors (Lipinski definition) is 5. The molecule has 1 aliphatic rings. The molecule has 1 heterocycles. The molecule has 1 atom stereocenters. The molecule has 3 aromatic carbocycles. The monoisotopic (exact) mass is 672 g/mol. The van der Waals surface area contributed by atoms with E-state index >= 15 is 0 Å². The Morgan fingerprint density at radius 2 is 1.46 bits per heavy atom. The summed E-state index contributed by atoms with van der Waals surface area (Å²) in [5, 5.41) is 3.40. The van der Waals surface area contributed by atoms with E-state index in [0.29, 0.717) is 52.2 Å². The summed E-state index contributed by atoms with van der Waals surface area (Å²) in [5.74, 6) is 2.19. The van der Waals surface area contributed by atoms with Crippen LogP contribution in [-0.4, -0.2) is 57.4 Å². The van der Waals surface area contributed by atoms with Gasteiger partial charge >= 0.3 is 0 Å². The number of nitrogens with one attached hydrogen (secondary N) is 1. The second kappa shape index (κ2) is 17.7. The fraction of sp³-hybridized carbons (Fsp3) is 0.500. The minimum atomic E-state index is -2.00. The predicted molar refractivity (Wildman–Crippen MR) is 196 cm³/mol. The van der Waals surface area contributed by atoms with Crippen molar-refractivity contribution in [2.45, 2.75) is 97.0 Å². The molecule has 4 rings (SSSR count). The van der Waals surface area contributed by atoms with Crippen molar-refractivity contribution in [1.29, 1.82) is 0 Å². The summed E-state index contributed by atoms with van der Waals surface area (Å²) in [6, 6.07) is 26.1. The Labute approximate surface area is 289 Å². The van der Waals surface area contributed by atoms with Crippen molar-refractivity contribution >= 4 is 20.1 Å². The number of piperidine rings is 1. The molecule has 1 fully saturated rings. The van der Waals surface area contributed by atoms with Crippen LogP contribution in [0.5, 0.6) is 11.5 Å². The van der Waals surface area contributed by atoms with Gasteiger partial charge in [0.25, 0.3) is 0 Å². The van der Waals surface area contributed by atoms with Gasteiger partial charge in [-0.1, -0.05) is 75.4 Å². The van der Waals surface area contributed by atoms with Gasteiger partial charge in [-0.25, -0.2) is 0 Å². The topological polar surface area (TPSA) is 77.1 Å². The Kier molecular flexibility index (Phi) is 13.7. The lowest BCUT2D eigenvalue weighted by Crippen LogP contribution is -2.47. The largest absolute Gasteiger partial charge is 0.494 e. The normalized spacial score (nSPS) is 14.8. The van der Waals surface area contributed by atoms with Crippen molar-refractivity contribution in [3.8, 4) is 11.5 Å². The van der Waals surface area contributed by atoms with Crippen LogP contribution in [0, 0.1) is 5.92 Å². The van der Waals surface area contributed by atoms with E-state index in [-0.39, 0.29) is 28.8 Å². The maximum atomic E-state index is 13.4. The summed E-state index contributed by atoms with van der Waals surface area (Å²) >= 11 is 0. The van der Waals surface area contributed by atoms with E-state index in [4.69, 9.17) is 13.9 Å². The van der Waals surface area contributed by atoms with E-state index in [2.05, 4.69) is 63.4 Å². The number of hydrogen-bond donors (Lipinski definition) is 1. The molecule has 0 radical (unpaired) electrons. The minimum absolute atomic E-state index is 0.0573. The second-order valence-electron chi connectivity index (χ2n) is 14.6. The van der Waals surface area contributed by atoms with Crippen LogP contribution in [0.3, 0.4) is 0 Å². The Morgan fingerprint density at radius 3 is 2.06 bits per heavy atom. The van der Waals surface area contributed by atoms with Crippen LogP contribution in [0.2, 0.25) is 18.1 Å². The summed E-state index contributed by atoms with van der Waals surface area (Å²) < 4.78 is 18.1. The highest BCUT2D eigenvalue weighted by Gasteiger charge is 2.37. The van der Waals surface area contributed by atoms with Crippen LogP contribution in [-0.2, 0) is 33.5 Å². The van der Waals surface area contributed by atoms with Crippen molar-refractivity contribution in [2.75, 3.05) is 26.3 Å². The zero-order valence-electron chi connectivity index (χ0n) is 29.9. The summed E-state index contributed by atoms with van der Waals surface area (Å²) in [4.78, 5) is 28.3. The Balaban J connectivity index is 1.26. The van der Waals surface area contributed by atoms with Gasteiger partial charge in [0.05, 0.1) is 19.3 Å². The van der Waals surface area contributed by atoms with Gasteiger partial charge in [0.1, 0.15) is 18.1 Å². The molecule has 7 nitrogen and oxygen atoms in total. The van der Waals surface area contributed by atoms with Crippen molar-refractivity contribution < 1.29 is 23.5 Å². The molecule has 0 spiro atoms. The highest BCUT2D eigenvalue weighted by Crippen LogP contribution is 2.36. The zero-order valence-corrected chi connectivity index (χ0v) is 30.9. The average Bonchev–Trinajstić information content (AvgIpc) is 3.07. The van der Waals surface area contributed by atoms with Crippen LogP contribution in [0.1, 0.15) is 70.1 Å². The SMILES string of the molecule is CCOc1ccc(CCC(=O)N2CCC(CC(=O)N[C@H](CO[Si](C)(C)C(C)(C)C)Cc3ccc(OCc4ccccc4)cc3)CC2)cc1. The number of nitrogens with zero attached hydrogens (tertiary/aromatic N) is 1. The van der Waals surface area contributed by atoms with E-state index in [1.54, 1.807) is 0 Å². The number of likely N-dealkylation sites (tertiary alicyclic amines) is 1.